The highest BCUT2D eigenvalue weighted by molar-refractivity contribution is 5.92. The largest absolute Gasteiger partial charge is 0.497 e. The van der Waals surface area contributed by atoms with Gasteiger partial charge in [-0.3, -0.25) is 9.59 Å². The summed E-state index contributed by atoms with van der Waals surface area (Å²) in [4.78, 5) is 24.4. The predicted molar refractivity (Wildman–Crippen MR) is 109 cm³/mol. The molecule has 148 valence electrons. The minimum absolute atomic E-state index is 0.00312. The standard InChI is InChI=1S/C23H28N2O3/c1-28-19-11-9-18(10-12-19)13-15-25-23(27)21-16-20(21)22(26)24-14-5-8-17-6-3-2-4-7-17/h2-4,6-7,9-12,20-21H,5,8,13-16H2,1H3,(H,24,26)(H,25,27). The van der Waals surface area contributed by atoms with Gasteiger partial charge in [-0.05, 0) is 48.9 Å². The molecule has 1 saturated carbocycles. The predicted octanol–water partition coefficient (Wildman–Crippen LogP) is 2.74. The number of rotatable bonds is 10. The SMILES string of the molecule is COc1ccc(CCNC(=O)C2CC2C(=O)NCCCc2ccccc2)cc1. The van der Waals surface area contributed by atoms with E-state index < -0.39 is 0 Å². The van der Waals surface area contributed by atoms with Crippen molar-refractivity contribution in [3.8, 4) is 5.75 Å². The van der Waals surface area contributed by atoms with E-state index in [9.17, 15) is 9.59 Å². The van der Waals surface area contributed by atoms with Crippen LogP contribution >= 0.6 is 0 Å². The van der Waals surface area contributed by atoms with Gasteiger partial charge in [0.25, 0.3) is 0 Å². The first kappa shape index (κ1) is 19.9. The second-order valence-corrected chi connectivity index (χ2v) is 7.22. The minimum Gasteiger partial charge on any atom is -0.497 e. The second-order valence-electron chi connectivity index (χ2n) is 7.22. The Morgan fingerprint density at radius 1 is 0.857 bits per heavy atom. The van der Waals surface area contributed by atoms with Crippen LogP contribution in [0.3, 0.4) is 0 Å². The van der Waals surface area contributed by atoms with Gasteiger partial charge in [-0.1, -0.05) is 42.5 Å². The van der Waals surface area contributed by atoms with Gasteiger partial charge in [-0.15, -0.1) is 0 Å². The van der Waals surface area contributed by atoms with Crippen molar-refractivity contribution in [2.45, 2.75) is 25.7 Å². The molecular weight excluding hydrogens is 352 g/mol. The maximum absolute atomic E-state index is 12.2. The Hall–Kier alpha value is -2.82. The maximum Gasteiger partial charge on any atom is 0.223 e. The number of ether oxygens (including phenoxy) is 1. The summed E-state index contributed by atoms with van der Waals surface area (Å²) in [7, 11) is 1.64. The van der Waals surface area contributed by atoms with Crippen molar-refractivity contribution in [1.82, 2.24) is 10.6 Å². The first-order valence-corrected chi connectivity index (χ1v) is 9.89. The molecule has 1 fully saturated rings. The molecule has 3 rings (SSSR count). The molecule has 1 aliphatic rings. The van der Waals surface area contributed by atoms with Crippen molar-refractivity contribution in [2.24, 2.45) is 11.8 Å². The zero-order chi connectivity index (χ0) is 19.8. The molecule has 2 aromatic rings. The number of carbonyl (C=O) groups is 2. The number of aryl methyl sites for hydroxylation is 1. The number of methoxy groups -OCH3 is 1. The van der Waals surface area contributed by atoms with Gasteiger partial charge in [-0.25, -0.2) is 0 Å². The molecule has 0 bridgehead atoms. The van der Waals surface area contributed by atoms with Crippen LogP contribution in [0, 0.1) is 11.8 Å². The number of hydrogen-bond donors (Lipinski definition) is 2. The third-order valence-electron chi connectivity index (χ3n) is 5.12. The van der Waals surface area contributed by atoms with Crippen molar-refractivity contribution < 1.29 is 14.3 Å². The number of carbonyl (C=O) groups excluding carboxylic acids is 2. The van der Waals surface area contributed by atoms with Crippen molar-refractivity contribution in [1.29, 1.82) is 0 Å². The Balaban J connectivity index is 1.29. The number of nitrogens with one attached hydrogen (secondary N) is 2. The maximum atomic E-state index is 12.2. The first-order chi connectivity index (χ1) is 13.7. The van der Waals surface area contributed by atoms with Gasteiger partial charge in [0.05, 0.1) is 18.9 Å². The molecule has 0 spiro atoms. The summed E-state index contributed by atoms with van der Waals surface area (Å²) in [6, 6.07) is 18.0. The van der Waals surface area contributed by atoms with Gasteiger partial charge >= 0.3 is 0 Å². The molecule has 1 aliphatic carbocycles. The molecule has 28 heavy (non-hydrogen) atoms. The lowest BCUT2D eigenvalue weighted by atomic mass is 10.1. The summed E-state index contributed by atoms with van der Waals surface area (Å²) in [5.74, 6) is 0.465. The van der Waals surface area contributed by atoms with E-state index in [2.05, 4.69) is 22.8 Å². The first-order valence-electron chi connectivity index (χ1n) is 9.89. The third kappa shape index (κ3) is 5.84. The molecule has 2 N–H and O–H groups in total. The monoisotopic (exact) mass is 380 g/mol. The van der Waals surface area contributed by atoms with E-state index in [4.69, 9.17) is 4.74 Å². The van der Waals surface area contributed by atoms with E-state index in [0.717, 1.165) is 30.6 Å². The van der Waals surface area contributed by atoms with Gasteiger partial charge in [0, 0.05) is 13.1 Å². The highest BCUT2D eigenvalue weighted by Gasteiger charge is 2.47. The Bertz CT molecular complexity index is 774. The lowest BCUT2D eigenvalue weighted by Crippen LogP contribution is -2.31. The summed E-state index contributed by atoms with van der Waals surface area (Å²) in [6.07, 6.45) is 3.26. The molecule has 2 unspecified atom stereocenters. The van der Waals surface area contributed by atoms with Gasteiger partial charge in [0.15, 0.2) is 0 Å². The van der Waals surface area contributed by atoms with Crippen LogP contribution in [0.4, 0.5) is 0 Å². The molecule has 2 aromatic carbocycles. The average Bonchev–Trinajstić information content (AvgIpc) is 3.53. The quantitative estimate of drug-likeness (QED) is 0.623. The zero-order valence-electron chi connectivity index (χ0n) is 16.3. The molecule has 0 saturated heterocycles. The molecule has 0 heterocycles. The fraction of sp³-hybridized carbons (Fsp3) is 0.391. The van der Waals surface area contributed by atoms with Crippen LogP contribution in [0.2, 0.25) is 0 Å². The molecule has 0 aromatic heterocycles. The van der Waals surface area contributed by atoms with Crippen molar-refractivity contribution in [3.05, 3.63) is 65.7 Å². The molecule has 2 atom stereocenters. The van der Waals surface area contributed by atoms with Crippen LogP contribution in [0.5, 0.6) is 5.75 Å². The second kappa shape index (κ2) is 9.93. The van der Waals surface area contributed by atoms with Crippen molar-refractivity contribution >= 4 is 11.8 Å². The van der Waals surface area contributed by atoms with E-state index in [0.29, 0.717) is 19.5 Å². The third-order valence-corrected chi connectivity index (χ3v) is 5.12. The van der Waals surface area contributed by atoms with Crippen molar-refractivity contribution in [2.75, 3.05) is 20.2 Å². The molecule has 0 radical (unpaired) electrons. The van der Waals surface area contributed by atoms with Crippen LogP contribution in [0.15, 0.2) is 54.6 Å². The summed E-state index contributed by atoms with van der Waals surface area (Å²) >= 11 is 0. The highest BCUT2D eigenvalue weighted by atomic mass is 16.5. The number of amides is 2. The summed E-state index contributed by atoms with van der Waals surface area (Å²) < 4.78 is 5.14. The Kier molecular flexibility index (Phi) is 7.06. The lowest BCUT2D eigenvalue weighted by molar-refractivity contribution is -0.127. The smallest absolute Gasteiger partial charge is 0.223 e. The van der Waals surface area contributed by atoms with Crippen LogP contribution < -0.4 is 15.4 Å². The summed E-state index contributed by atoms with van der Waals surface area (Å²) in [5, 5.41) is 5.91. The lowest BCUT2D eigenvalue weighted by Gasteiger charge is -2.07. The number of benzene rings is 2. The average molecular weight is 380 g/mol. The fourth-order valence-corrected chi connectivity index (χ4v) is 3.31. The zero-order valence-corrected chi connectivity index (χ0v) is 16.3. The van der Waals surface area contributed by atoms with Crippen LogP contribution in [-0.2, 0) is 22.4 Å². The normalized spacial score (nSPS) is 17.6. The van der Waals surface area contributed by atoms with E-state index in [1.807, 2.05) is 42.5 Å². The van der Waals surface area contributed by atoms with Gasteiger partial charge in [0.2, 0.25) is 11.8 Å². The Morgan fingerprint density at radius 3 is 2.11 bits per heavy atom. The fourth-order valence-electron chi connectivity index (χ4n) is 3.31. The molecule has 2 amide bonds. The van der Waals surface area contributed by atoms with Crippen LogP contribution in [-0.4, -0.2) is 32.0 Å². The highest BCUT2D eigenvalue weighted by Crippen LogP contribution is 2.38. The van der Waals surface area contributed by atoms with Crippen molar-refractivity contribution in [3.63, 3.8) is 0 Å². The molecule has 5 nitrogen and oxygen atoms in total. The van der Waals surface area contributed by atoms with Gasteiger partial charge < -0.3 is 15.4 Å². The topological polar surface area (TPSA) is 67.4 Å². The van der Waals surface area contributed by atoms with Gasteiger partial charge in [0.1, 0.15) is 5.75 Å². The minimum atomic E-state index is -0.176. The summed E-state index contributed by atoms with van der Waals surface area (Å²) in [6.45, 7) is 1.23. The van der Waals surface area contributed by atoms with E-state index in [1.54, 1.807) is 7.11 Å². The Labute approximate surface area is 166 Å². The molecule has 5 heteroatoms. The van der Waals surface area contributed by atoms with Crippen LogP contribution in [0.25, 0.3) is 0 Å². The van der Waals surface area contributed by atoms with Gasteiger partial charge in [-0.2, -0.15) is 0 Å². The van der Waals surface area contributed by atoms with E-state index in [-0.39, 0.29) is 23.7 Å². The summed E-state index contributed by atoms with van der Waals surface area (Å²) in [5.41, 5.74) is 2.42. The Morgan fingerprint density at radius 2 is 1.46 bits per heavy atom. The molecule has 0 aliphatic heterocycles. The van der Waals surface area contributed by atoms with Crippen LogP contribution in [0.1, 0.15) is 24.0 Å². The van der Waals surface area contributed by atoms with E-state index in [1.165, 1.54) is 5.56 Å². The number of hydrogen-bond acceptors (Lipinski definition) is 3. The molecular formula is C23H28N2O3. The van der Waals surface area contributed by atoms with E-state index >= 15 is 0 Å².